The minimum atomic E-state index is 0.192. The summed E-state index contributed by atoms with van der Waals surface area (Å²) >= 11 is 0. The van der Waals surface area contributed by atoms with Gasteiger partial charge >= 0.3 is 0 Å². The number of hydrogen-bond acceptors (Lipinski definition) is 8. The van der Waals surface area contributed by atoms with Crippen LogP contribution in [0.25, 0.3) is 22.5 Å². The number of benzene rings is 3. The summed E-state index contributed by atoms with van der Waals surface area (Å²) < 4.78 is 11.3. The maximum absolute atomic E-state index is 9.67. The van der Waals surface area contributed by atoms with Crippen molar-refractivity contribution in [2.75, 3.05) is 44.8 Å². The highest BCUT2D eigenvalue weighted by atomic mass is 16.5. The van der Waals surface area contributed by atoms with Crippen LogP contribution in [-0.4, -0.2) is 64.5 Å². The van der Waals surface area contributed by atoms with Crippen LogP contribution in [0.1, 0.15) is 0 Å². The van der Waals surface area contributed by atoms with E-state index in [2.05, 4.69) is 10.2 Å². The Hall–Kier alpha value is -4.14. The van der Waals surface area contributed by atoms with Gasteiger partial charge in [0.15, 0.2) is 0 Å². The summed E-state index contributed by atoms with van der Waals surface area (Å²) in [5.41, 5.74) is 3.94. The molecule has 5 rings (SSSR count). The molecule has 8 nitrogen and oxygen atoms in total. The van der Waals surface area contributed by atoms with Crippen LogP contribution >= 0.6 is 0 Å². The molecule has 1 saturated heterocycles. The molecule has 0 bridgehead atoms. The molecule has 3 aromatic carbocycles. The topological polar surface area (TPSA) is 100.0 Å². The lowest BCUT2D eigenvalue weighted by molar-refractivity contribution is 0.0322. The number of aromatic hydroxyl groups is 2. The Morgan fingerprint density at radius 1 is 0.778 bits per heavy atom. The minimum absolute atomic E-state index is 0.192. The molecule has 1 aliphatic rings. The van der Waals surface area contributed by atoms with Crippen LogP contribution in [0.3, 0.4) is 0 Å². The first kappa shape index (κ1) is 23.6. The van der Waals surface area contributed by atoms with Crippen molar-refractivity contribution in [2.24, 2.45) is 0 Å². The molecule has 0 spiro atoms. The third-order valence-electron chi connectivity index (χ3n) is 5.94. The molecule has 36 heavy (non-hydrogen) atoms. The zero-order chi connectivity index (χ0) is 24.7. The number of phenols is 2. The molecule has 184 valence electrons. The maximum atomic E-state index is 9.67. The van der Waals surface area contributed by atoms with Crippen molar-refractivity contribution in [1.82, 2.24) is 14.9 Å². The van der Waals surface area contributed by atoms with Crippen LogP contribution < -0.4 is 10.1 Å². The van der Waals surface area contributed by atoms with Crippen molar-refractivity contribution in [3.05, 3.63) is 78.9 Å². The quantitative estimate of drug-likeness (QED) is 0.332. The number of anilines is 2. The lowest BCUT2D eigenvalue weighted by atomic mass is 10.1. The molecule has 0 unspecified atom stereocenters. The van der Waals surface area contributed by atoms with Crippen LogP contribution in [0, 0.1) is 0 Å². The normalized spacial score (nSPS) is 13.9. The number of nitrogens with one attached hydrogen (secondary N) is 1. The molecule has 0 atom stereocenters. The van der Waals surface area contributed by atoms with Gasteiger partial charge in [0.05, 0.1) is 24.6 Å². The van der Waals surface area contributed by atoms with Crippen molar-refractivity contribution < 1.29 is 19.7 Å². The molecule has 0 amide bonds. The molecule has 0 saturated carbocycles. The van der Waals surface area contributed by atoms with E-state index in [-0.39, 0.29) is 11.5 Å². The van der Waals surface area contributed by atoms with Crippen molar-refractivity contribution in [1.29, 1.82) is 0 Å². The number of nitrogens with zero attached hydrogens (tertiary/aromatic N) is 3. The second kappa shape index (κ2) is 11.1. The van der Waals surface area contributed by atoms with E-state index in [9.17, 15) is 10.2 Å². The van der Waals surface area contributed by atoms with Crippen molar-refractivity contribution in [2.45, 2.75) is 0 Å². The zero-order valence-electron chi connectivity index (χ0n) is 19.8. The lowest BCUT2D eigenvalue weighted by Gasteiger charge is -2.26. The first-order valence-electron chi connectivity index (χ1n) is 11.9. The average molecular weight is 485 g/mol. The van der Waals surface area contributed by atoms with Crippen molar-refractivity contribution in [3.8, 4) is 39.8 Å². The van der Waals surface area contributed by atoms with Crippen LogP contribution in [0.2, 0.25) is 0 Å². The lowest BCUT2D eigenvalue weighted by Crippen LogP contribution is -2.38. The molecular formula is C28H28N4O4. The highest BCUT2D eigenvalue weighted by Crippen LogP contribution is 2.28. The summed E-state index contributed by atoms with van der Waals surface area (Å²) in [6, 6.07) is 23.3. The van der Waals surface area contributed by atoms with Crippen LogP contribution in [0.4, 0.5) is 11.6 Å². The van der Waals surface area contributed by atoms with E-state index >= 15 is 0 Å². The predicted octanol–water partition coefficient (Wildman–Crippen LogP) is 4.68. The molecule has 1 aliphatic heterocycles. The Bertz CT molecular complexity index is 1210. The van der Waals surface area contributed by atoms with Gasteiger partial charge in [0.1, 0.15) is 23.9 Å². The monoisotopic (exact) mass is 484 g/mol. The van der Waals surface area contributed by atoms with Gasteiger partial charge in [-0.3, -0.25) is 4.90 Å². The number of phenolic OH excluding ortho intramolecular Hbond substituents is 2. The van der Waals surface area contributed by atoms with Crippen LogP contribution in [0.15, 0.2) is 78.9 Å². The third-order valence-corrected chi connectivity index (χ3v) is 5.94. The largest absolute Gasteiger partial charge is 0.508 e. The van der Waals surface area contributed by atoms with Gasteiger partial charge in [0, 0.05) is 36.4 Å². The van der Waals surface area contributed by atoms with Crippen LogP contribution in [0.5, 0.6) is 17.2 Å². The molecule has 2 heterocycles. The summed E-state index contributed by atoms with van der Waals surface area (Å²) in [5, 5.41) is 22.6. The number of ether oxygens (including phenoxy) is 2. The smallest absolute Gasteiger partial charge is 0.228 e. The molecule has 8 heteroatoms. The predicted molar refractivity (Wildman–Crippen MR) is 139 cm³/mol. The summed E-state index contributed by atoms with van der Waals surface area (Å²) in [5.74, 6) is 1.62. The third kappa shape index (κ3) is 6.10. The van der Waals surface area contributed by atoms with E-state index in [0.717, 1.165) is 55.4 Å². The number of morpholine rings is 1. The van der Waals surface area contributed by atoms with E-state index in [1.807, 2.05) is 54.6 Å². The van der Waals surface area contributed by atoms with E-state index in [1.54, 1.807) is 24.3 Å². The Labute approximate surface area is 209 Å². The SMILES string of the molecule is Oc1ccc(-c2cc(-c3ccc(O)cc3)nc(Nc3ccc(OCCN4CCOCC4)cc3)n2)cc1. The Morgan fingerprint density at radius 2 is 1.33 bits per heavy atom. The van der Waals surface area contributed by atoms with Crippen LogP contribution in [-0.2, 0) is 4.74 Å². The number of aromatic nitrogens is 2. The zero-order valence-corrected chi connectivity index (χ0v) is 19.8. The minimum Gasteiger partial charge on any atom is -0.508 e. The Balaban J connectivity index is 1.32. The first-order chi connectivity index (χ1) is 17.6. The van der Waals surface area contributed by atoms with Gasteiger partial charge in [-0.25, -0.2) is 9.97 Å². The fourth-order valence-corrected chi connectivity index (χ4v) is 3.94. The molecule has 1 aromatic heterocycles. The van der Waals surface area contributed by atoms with E-state index in [1.165, 1.54) is 0 Å². The molecule has 4 aromatic rings. The van der Waals surface area contributed by atoms with E-state index in [0.29, 0.717) is 23.9 Å². The highest BCUT2D eigenvalue weighted by molar-refractivity contribution is 5.71. The number of rotatable bonds is 8. The molecule has 0 aliphatic carbocycles. The van der Waals surface area contributed by atoms with Gasteiger partial charge in [0.25, 0.3) is 0 Å². The molecule has 1 fully saturated rings. The summed E-state index contributed by atoms with van der Waals surface area (Å²) in [7, 11) is 0. The van der Waals surface area contributed by atoms with E-state index in [4.69, 9.17) is 19.4 Å². The second-order valence-electron chi connectivity index (χ2n) is 8.51. The Morgan fingerprint density at radius 3 is 1.89 bits per heavy atom. The highest BCUT2D eigenvalue weighted by Gasteiger charge is 2.11. The number of hydrogen-bond donors (Lipinski definition) is 3. The van der Waals surface area contributed by atoms with Crippen molar-refractivity contribution in [3.63, 3.8) is 0 Å². The van der Waals surface area contributed by atoms with Gasteiger partial charge in [-0.1, -0.05) is 0 Å². The fourth-order valence-electron chi connectivity index (χ4n) is 3.94. The maximum Gasteiger partial charge on any atom is 0.228 e. The van der Waals surface area contributed by atoms with Gasteiger partial charge in [-0.05, 0) is 78.9 Å². The van der Waals surface area contributed by atoms with Gasteiger partial charge in [0.2, 0.25) is 5.95 Å². The first-order valence-corrected chi connectivity index (χ1v) is 11.9. The molecule has 0 radical (unpaired) electrons. The van der Waals surface area contributed by atoms with Gasteiger partial charge < -0.3 is 25.0 Å². The van der Waals surface area contributed by atoms with E-state index < -0.39 is 0 Å². The molecule has 3 N–H and O–H groups in total. The second-order valence-corrected chi connectivity index (χ2v) is 8.51. The average Bonchev–Trinajstić information content (AvgIpc) is 2.91. The summed E-state index contributed by atoms with van der Waals surface area (Å²) in [6.45, 7) is 4.96. The standard InChI is InChI=1S/C28H28N4O4/c33-23-7-1-20(2-8-23)26-19-27(21-3-9-24(34)10-4-21)31-28(30-26)29-22-5-11-25(12-6-22)36-18-15-32-13-16-35-17-14-32/h1-12,19,33-34H,13-18H2,(H,29,30,31). The van der Waals surface area contributed by atoms with Crippen molar-refractivity contribution >= 4 is 11.6 Å². The molecular weight excluding hydrogens is 456 g/mol. The summed E-state index contributed by atoms with van der Waals surface area (Å²) in [4.78, 5) is 11.7. The Kier molecular flexibility index (Phi) is 7.25. The fraction of sp³-hybridized carbons (Fsp3) is 0.214. The summed E-state index contributed by atoms with van der Waals surface area (Å²) in [6.07, 6.45) is 0. The van der Waals surface area contributed by atoms with Gasteiger partial charge in [-0.15, -0.1) is 0 Å². The van der Waals surface area contributed by atoms with Gasteiger partial charge in [-0.2, -0.15) is 0 Å².